The molecule has 2 aromatic carbocycles. The summed E-state index contributed by atoms with van der Waals surface area (Å²) in [5.74, 6) is -0.830. The lowest BCUT2D eigenvalue weighted by Crippen LogP contribution is -2.56. The van der Waals surface area contributed by atoms with Gasteiger partial charge in [-0.05, 0) is 68.1 Å². The number of hydrogen-bond donors (Lipinski definition) is 1. The van der Waals surface area contributed by atoms with E-state index < -0.39 is 41.0 Å². The average molecular weight is 660 g/mol. The number of carbonyl (C=O) groups excluding carboxylic acids is 1. The molecule has 242 valence electrons. The number of amides is 1. The van der Waals surface area contributed by atoms with E-state index >= 15 is 0 Å². The van der Waals surface area contributed by atoms with Crippen molar-refractivity contribution in [2.24, 2.45) is 0 Å². The molecule has 4 rings (SSSR count). The van der Waals surface area contributed by atoms with E-state index in [0.717, 1.165) is 49.3 Å². The third-order valence-corrected chi connectivity index (χ3v) is 7.70. The number of benzene rings is 2. The molecule has 14 heteroatoms. The van der Waals surface area contributed by atoms with Crippen molar-refractivity contribution in [2.75, 3.05) is 59.0 Å². The Balaban J connectivity index is 0.00000323. The second-order valence-corrected chi connectivity index (χ2v) is 10.7. The Labute approximate surface area is 260 Å². The van der Waals surface area contributed by atoms with Gasteiger partial charge in [0.2, 0.25) is 0 Å². The topological polar surface area (TPSA) is 48.0 Å². The molecule has 2 fully saturated rings. The number of nitrogens with one attached hydrogen (secondary N) is 1. The Morgan fingerprint density at radius 1 is 0.884 bits per heavy atom. The standard InChI is InChI=1S/C29H36F6N4O2.2ClH/c1-20-4-5-22(14-21(20)2)15-26-19-37(7-3-6-36-38-10-12-41-13-11-38)8-9-39(26)27(40)23-16-24(28(30,31)32)18-25(17-23)29(33,34)35;;/h4-5,14,16-18,26,36H,3,6-13,15,19H2,1-2H3;2*1H/t26-;;/m1../s1. The third-order valence-electron chi connectivity index (χ3n) is 7.70. The number of alkyl halides is 6. The van der Waals surface area contributed by atoms with Gasteiger partial charge in [-0.25, -0.2) is 5.01 Å². The summed E-state index contributed by atoms with van der Waals surface area (Å²) in [7, 11) is 0. The molecule has 0 saturated carbocycles. The monoisotopic (exact) mass is 658 g/mol. The van der Waals surface area contributed by atoms with Gasteiger partial charge < -0.3 is 9.64 Å². The van der Waals surface area contributed by atoms with Crippen molar-refractivity contribution in [3.8, 4) is 0 Å². The molecule has 0 bridgehead atoms. The van der Waals surface area contributed by atoms with Crippen molar-refractivity contribution >= 4 is 30.7 Å². The van der Waals surface area contributed by atoms with E-state index in [1.54, 1.807) is 0 Å². The highest BCUT2D eigenvalue weighted by Gasteiger charge is 2.39. The minimum atomic E-state index is -5.02. The number of hydrogen-bond acceptors (Lipinski definition) is 5. The SMILES string of the molecule is Cc1ccc(C[C@@H]2CN(CCCNN3CCOCC3)CCN2C(=O)c2cc(C(F)(F)F)cc(C(F)(F)F)c2)cc1C.Cl.Cl. The molecule has 0 radical (unpaired) electrons. The molecule has 2 heterocycles. The molecule has 0 aliphatic carbocycles. The van der Waals surface area contributed by atoms with E-state index in [2.05, 4.69) is 15.3 Å². The highest BCUT2D eigenvalue weighted by molar-refractivity contribution is 5.95. The van der Waals surface area contributed by atoms with Crippen molar-refractivity contribution in [2.45, 2.75) is 45.1 Å². The van der Waals surface area contributed by atoms with Gasteiger partial charge in [0, 0.05) is 50.9 Å². The Kier molecular flexibility index (Phi) is 13.6. The lowest BCUT2D eigenvalue weighted by atomic mass is 9.97. The summed E-state index contributed by atoms with van der Waals surface area (Å²) < 4.78 is 86.2. The number of halogens is 8. The number of aryl methyl sites for hydroxylation is 2. The largest absolute Gasteiger partial charge is 0.416 e. The lowest BCUT2D eigenvalue weighted by Gasteiger charge is -2.42. The van der Waals surface area contributed by atoms with Gasteiger partial charge in [-0.15, -0.1) is 24.8 Å². The van der Waals surface area contributed by atoms with E-state index in [1.165, 1.54) is 4.90 Å². The first-order chi connectivity index (χ1) is 19.3. The van der Waals surface area contributed by atoms with Crippen molar-refractivity contribution in [1.29, 1.82) is 0 Å². The highest BCUT2D eigenvalue weighted by Crippen LogP contribution is 2.37. The van der Waals surface area contributed by atoms with E-state index in [1.807, 2.05) is 32.0 Å². The summed E-state index contributed by atoms with van der Waals surface area (Å²) in [6, 6.07) is 6.60. The molecule has 2 aliphatic heterocycles. The predicted molar refractivity (Wildman–Crippen MR) is 157 cm³/mol. The molecular formula is C29H38Cl2F6N4O2. The number of nitrogens with zero attached hydrogens (tertiary/aromatic N) is 3. The summed E-state index contributed by atoms with van der Waals surface area (Å²) in [4.78, 5) is 17.2. The zero-order valence-corrected chi connectivity index (χ0v) is 25.7. The van der Waals surface area contributed by atoms with Crippen LogP contribution in [0.5, 0.6) is 0 Å². The average Bonchev–Trinajstić information content (AvgIpc) is 2.92. The summed E-state index contributed by atoms with van der Waals surface area (Å²) in [6.45, 7) is 9.55. The number of piperazine rings is 1. The Hall–Kier alpha value is -2.09. The molecule has 1 atom stereocenters. The van der Waals surface area contributed by atoms with E-state index in [0.29, 0.717) is 44.9 Å². The van der Waals surface area contributed by atoms with Gasteiger partial charge in [-0.1, -0.05) is 18.2 Å². The Bertz CT molecular complexity index is 1180. The van der Waals surface area contributed by atoms with Crippen LogP contribution in [-0.2, 0) is 23.5 Å². The van der Waals surface area contributed by atoms with Crippen LogP contribution in [0.25, 0.3) is 0 Å². The molecule has 2 aliphatic rings. The lowest BCUT2D eigenvalue weighted by molar-refractivity contribution is -0.143. The zero-order valence-electron chi connectivity index (χ0n) is 24.1. The number of ether oxygens (including phenoxy) is 1. The Morgan fingerprint density at radius 3 is 2.09 bits per heavy atom. The fourth-order valence-electron chi connectivity index (χ4n) is 5.27. The first-order valence-electron chi connectivity index (χ1n) is 13.8. The summed E-state index contributed by atoms with van der Waals surface area (Å²) in [5.41, 5.74) is 2.90. The highest BCUT2D eigenvalue weighted by atomic mass is 35.5. The quantitative estimate of drug-likeness (QED) is 0.288. The molecule has 1 amide bonds. The molecule has 2 aromatic rings. The number of hydrazine groups is 1. The summed E-state index contributed by atoms with van der Waals surface area (Å²) >= 11 is 0. The van der Waals surface area contributed by atoms with Gasteiger partial charge >= 0.3 is 12.4 Å². The summed E-state index contributed by atoms with van der Waals surface area (Å²) in [6.07, 6.45) is -8.78. The molecule has 6 nitrogen and oxygen atoms in total. The Morgan fingerprint density at radius 2 is 1.51 bits per heavy atom. The zero-order chi connectivity index (χ0) is 29.8. The second kappa shape index (κ2) is 15.8. The number of morpholine rings is 1. The first kappa shape index (κ1) is 37.1. The molecule has 1 N–H and O–H groups in total. The van der Waals surface area contributed by atoms with Gasteiger partial charge in [-0.2, -0.15) is 26.3 Å². The minimum absolute atomic E-state index is 0. The number of rotatable bonds is 8. The molecular weight excluding hydrogens is 621 g/mol. The molecule has 2 saturated heterocycles. The van der Waals surface area contributed by atoms with Crippen LogP contribution >= 0.6 is 24.8 Å². The molecule has 0 aromatic heterocycles. The van der Waals surface area contributed by atoms with Gasteiger partial charge in [0.1, 0.15) is 0 Å². The molecule has 0 unspecified atom stereocenters. The van der Waals surface area contributed by atoms with Crippen LogP contribution in [-0.4, -0.2) is 85.8 Å². The van der Waals surface area contributed by atoms with Crippen molar-refractivity contribution < 1.29 is 35.9 Å². The molecule has 43 heavy (non-hydrogen) atoms. The van der Waals surface area contributed by atoms with Crippen LogP contribution in [0.1, 0.15) is 44.6 Å². The third kappa shape index (κ3) is 10.2. The van der Waals surface area contributed by atoms with E-state index in [-0.39, 0.29) is 37.4 Å². The van der Waals surface area contributed by atoms with Crippen LogP contribution in [0.15, 0.2) is 36.4 Å². The predicted octanol–water partition coefficient (Wildman–Crippen LogP) is 5.78. The van der Waals surface area contributed by atoms with Crippen LogP contribution < -0.4 is 5.43 Å². The van der Waals surface area contributed by atoms with Crippen molar-refractivity contribution in [1.82, 2.24) is 20.2 Å². The fourth-order valence-corrected chi connectivity index (χ4v) is 5.27. The maximum atomic E-state index is 13.6. The maximum Gasteiger partial charge on any atom is 0.416 e. The second-order valence-electron chi connectivity index (χ2n) is 10.7. The van der Waals surface area contributed by atoms with Crippen LogP contribution in [0, 0.1) is 13.8 Å². The van der Waals surface area contributed by atoms with E-state index in [4.69, 9.17) is 4.74 Å². The van der Waals surface area contributed by atoms with Crippen molar-refractivity contribution in [3.63, 3.8) is 0 Å². The van der Waals surface area contributed by atoms with Gasteiger partial charge in [-0.3, -0.25) is 15.1 Å². The summed E-state index contributed by atoms with van der Waals surface area (Å²) in [5, 5.41) is 2.12. The minimum Gasteiger partial charge on any atom is -0.379 e. The van der Waals surface area contributed by atoms with Crippen molar-refractivity contribution in [3.05, 3.63) is 69.8 Å². The van der Waals surface area contributed by atoms with Crippen LogP contribution in [0.4, 0.5) is 26.3 Å². The van der Waals surface area contributed by atoms with Crippen LogP contribution in [0.2, 0.25) is 0 Å². The van der Waals surface area contributed by atoms with Crippen LogP contribution in [0.3, 0.4) is 0 Å². The smallest absolute Gasteiger partial charge is 0.379 e. The normalized spacial score (nSPS) is 18.6. The maximum absolute atomic E-state index is 13.6. The first-order valence-corrected chi connectivity index (χ1v) is 13.8. The van der Waals surface area contributed by atoms with E-state index in [9.17, 15) is 31.1 Å². The van der Waals surface area contributed by atoms with Gasteiger partial charge in [0.05, 0.1) is 24.3 Å². The van der Waals surface area contributed by atoms with Gasteiger partial charge in [0.15, 0.2) is 0 Å². The fraction of sp³-hybridized carbons (Fsp3) is 0.552. The number of carbonyl (C=O) groups is 1. The van der Waals surface area contributed by atoms with Gasteiger partial charge in [0.25, 0.3) is 5.91 Å². The molecule has 0 spiro atoms.